The van der Waals surface area contributed by atoms with Crippen molar-refractivity contribution in [1.29, 1.82) is 0 Å². The Bertz CT molecular complexity index is 838. The molecule has 1 fully saturated rings. The van der Waals surface area contributed by atoms with Crippen LogP contribution in [-0.2, 0) is 24.1 Å². The fourth-order valence-electron chi connectivity index (χ4n) is 2.93. The van der Waals surface area contributed by atoms with Crippen LogP contribution in [0.25, 0.3) is 0 Å². The molecule has 1 amide bonds. The molecular weight excluding hydrogens is 383 g/mol. The Morgan fingerprint density at radius 3 is 2.56 bits per heavy atom. The first-order chi connectivity index (χ1) is 12.7. The summed E-state index contributed by atoms with van der Waals surface area (Å²) >= 11 is 6.05. The van der Waals surface area contributed by atoms with E-state index in [1.54, 1.807) is 13.8 Å². The first-order valence-corrected chi connectivity index (χ1v) is 9.15. The highest BCUT2D eigenvalue weighted by molar-refractivity contribution is 6.31. The van der Waals surface area contributed by atoms with Crippen LogP contribution in [0.5, 0.6) is 0 Å². The lowest BCUT2D eigenvalue weighted by Gasteiger charge is -2.09. The van der Waals surface area contributed by atoms with Crippen LogP contribution in [0.15, 0.2) is 6.07 Å². The van der Waals surface area contributed by atoms with Crippen molar-refractivity contribution in [2.75, 3.05) is 6.54 Å². The molecule has 0 spiro atoms. The van der Waals surface area contributed by atoms with Gasteiger partial charge in [-0.3, -0.25) is 14.2 Å². The number of amides is 1. The van der Waals surface area contributed by atoms with E-state index < -0.39 is 11.9 Å². The summed E-state index contributed by atoms with van der Waals surface area (Å²) < 4.78 is 41.6. The minimum Gasteiger partial charge on any atom is -0.354 e. The highest BCUT2D eigenvalue weighted by Gasteiger charge is 2.37. The van der Waals surface area contributed by atoms with Crippen LogP contribution in [0.4, 0.5) is 13.2 Å². The van der Waals surface area contributed by atoms with Crippen LogP contribution in [-0.4, -0.2) is 32.0 Å². The van der Waals surface area contributed by atoms with Crippen molar-refractivity contribution < 1.29 is 18.0 Å². The Kier molecular flexibility index (Phi) is 5.50. The van der Waals surface area contributed by atoms with Gasteiger partial charge < -0.3 is 5.32 Å². The lowest BCUT2D eigenvalue weighted by atomic mass is 10.2. The van der Waals surface area contributed by atoms with Crippen molar-refractivity contribution in [3.63, 3.8) is 0 Å². The maximum absolute atomic E-state index is 12.9. The maximum atomic E-state index is 12.9. The standard InChI is InChI=1S/C17H21ClF3N5O/c1-10-16(18)11(2)26(23-10)9-15(27)22-6-3-7-25-13(12-4-5-12)8-14(24-25)17(19,20)21/h8,12H,3-7,9H2,1-2H3,(H,22,27). The van der Waals surface area contributed by atoms with Crippen LogP contribution >= 0.6 is 11.6 Å². The zero-order chi connectivity index (χ0) is 19.8. The zero-order valence-electron chi connectivity index (χ0n) is 15.1. The van der Waals surface area contributed by atoms with Gasteiger partial charge in [0.25, 0.3) is 0 Å². The maximum Gasteiger partial charge on any atom is 0.435 e. The van der Waals surface area contributed by atoms with Crippen LogP contribution < -0.4 is 5.32 Å². The molecule has 2 aromatic heterocycles. The van der Waals surface area contributed by atoms with E-state index in [1.807, 2.05) is 0 Å². The zero-order valence-corrected chi connectivity index (χ0v) is 15.9. The molecule has 1 N–H and O–H groups in total. The monoisotopic (exact) mass is 403 g/mol. The van der Waals surface area contributed by atoms with E-state index in [0.717, 1.165) is 24.6 Å². The van der Waals surface area contributed by atoms with Gasteiger partial charge in [0.05, 0.1) is 16.4 Å². The summed E-state index contributed by atoms with van der Waals surface area (Å²) in [6.07, 6.45) is -2.16. The van der Waals surface area contributed by atoms with Gasteiger partial charge in [0.1, 0.15) is 6.54 Å². The molecule has 1 aliphatic carbocycles. The summed E-state index contributed by atoms with van der Waals surface area (Å²) in [7, 11) is 0. The average Bonchev–Trinajstić information content (AvgIpc) is 3.29. The average molecular weight is 404 g/mol. The minimum atomic E-state index is -4.44. The third-order valence-electron chi connectivity index (χ3n) is 4.55. The van der Waals surface area contributed by atoms with Crippen molar-refractivity contribution in [2.45, 2.75) is 58.3 Å². The quantitative estimate of drug-likeness (QED) is 0.720. The summed E-state index contributed by atoms with van der Waals surface area (Å²) in [5.74, 6) is -0.0601. The molecule has 2 aromatic rings. The van der Waals surface area contributed by atoms with E-state index in [1.165, 1.54) is 9.36 Å². The van der Waals surface area contributed by atoms with Crippen LogP contribution in [0.3, 0.4) is 0 Å². The van der Waals surface area contributed by atoms with E-state index >= 15 is 0 Å². The fourth-order valence-corrected chi connectivity index (χ4v) is 3.07. The number of hydrogen-bond donors (Lipinski definition) is 1. The van der Waals surface area contributed by atoms with Gasteiger partial charge in [0, 0.05) is 24.7 Å². The van der Waals surface area contributed by atoms with E-state index in [4.69, 9.17) is 11.6 Å². The molecule has 1 saturated carbocycles. The normalized spacial score (nSPS) is 14.6. The second kappa shape index (κ2) is 7.53. The van der Waals surface area contributed by atoms with Gasteiger partial charge >= 0.3 is 6.18 Å². The number of hydrogen-bond acceptors (Lipinski definition) is 3. The summed E-state index contributed by atoms with van der Waals surface area (Å²) in [4.78, 5) is 12.0. The second-order valence-electron chi connectivity index (χ2n) is 6.80. The molecule has 27 heavy (non-hydrogen) atoms. The third kappa shape index (κ3) is 4.63. The van der Waals surface area contributed by atoms with Crippen molar-refractivity contribution in [2.24, 2.45) is 0 Å². The van der Waals surface area contributed by atoms with Gasteiger partial charge in [-0.15, -0.1) is 0 Å². The molecule has 148 valence electrons. The minimum absolute atomic E-state index is 0.0483. The van der Waals surface area contributed by atoms with E-state index in [9.17, 15) is 18.0 Å². The number of carbonyl (C=O) groups excluding carboxylic acids is 1. The van der Waals surface area contributed by atoms with Crippen molar-refractivity contribution in [3.05, 3.63) is 33.9 Å². The third-order valence-corrected chi connectivity index (χ3v) is 5.10. The number of halogens is 4. The number of nitrogens with zero attached hydrogens (tertiary/aromatic N) is 4. The number of nitrogens with one attached hydrogen (secondary N) is 1. The Balaban J connectivity index is 1.50. The largest absolute Gasteiger partial charge is 0.435 e. The molecule has 0 bridgehead atoms. The van der Waals surface area contributed by atoms with Crippen molar-refractivity contribution >= 4 is 17.5 Å². The molecule has 0 unspecified atom stereocenters. The predicted octanol–water partition coefficient (Wildman–Crippen LogP) is 3.45. The molecule has 0 saturated heterocycles. The molecule has 10 heteroatoms. The highest BCUT2D eigenvalue weighted by atomic mass is 35.5. The lowest BCUT2D eigenvalue weighted by Crippen LogP contribution is -2.29. The van der Waals surface area contributed by atoms with Crippen LogP contribution in [0.2, 0.25) is 5.02 Å². The van der Waals surface area contributed by atoms with Crippen molar-refractivity contribution in [1.82, 2.24) is 24.9 Å². The first-order valence-electron chi connectivity index (χ1n) is 8.78. The van der Waals surface area contributed by atoms with Crippen molar-refractivity contribution in [3.8, 4) is 0 Å². The smallest absolute Gasteiger partial charge is 0.354 e. The highest BCUT2D eigenvalue weighted by Crippen LogP contribution is 2.42. The molecule has 2 heterocycles. The van der Waals surface area contributed by atoms with Crippen LogP contribution in [0.1, 0.15) is 48.0 Å². The number of carbonyl (C=O) groups is 1. The lowest BCUT2D eigenvalue weighted by molar-refractivity contribution is -0.141. The van der Waals surface area contributed by atoms with Gasteiger partial charge in [-0.25, -0.2) is 0 Å². The molecule has 0 radical (unpaired) electrons. The molecule has 0 aliphatic heterocycles. The Labute approximate surface area is 159 Å². The summed E-state index contributed by atoms with van der Waals surface area (Å²) in [6.45, 7) is 4.27. The van der Waals surface area contributed by atoms with Crippen LogP contribution in [0, 0.1) is 13.8 Å². The Morgan fingerprint density at radius 2 is 2.00 bits per heavy atom. The molecule has 3 rings (SSSR count). The van der Waals surface area contributed by atoms with Gasteiger partial charge in [-0.05, 0) is 39.2 Å². The first kappa shape index (κ1) is 19.7. The second-order valence-corrected chi connectivity index (χ2v) is 7.17. The van der Waals surface area contributed by atoms with Gasteiger partial charge in [0.2, 0.25) is 5.91 Å². The van der Waals surface area contributed by atoms with Gasteiger partial charge in [-0.1, -0.05) is 11.6 Å². The number of aromatic nitrogens is 4. The predicted molar refractivity (Wildman–Crippen MR) is 93.5 cm³/mol. The fraction of sp³-hybridized carbons (Fsp3) is 0.588. The molecule has 1 aliphatic rings. The molecule has 0 aromatic carbocycles. The summed E-state index contributed by atoms with van der Waals surface area (Å²) in [5.41, 5.74) is 1.16. The number of aryl methyl sites for hydroxylation is 2. The van der Waals surface area contributed by atoms with Gasteiger partial charge in [-0.2, -0.15) is 23.4 Å². The topological polar surface area (TPSA) is 64.7 Å². The molecular formula is C17H21ClF3N5O. The SMILES string of the molecule is Cc1nn(CC(=O)NCCCn2nc(C(F)(F)F)cc2C2CC2)c(C)c1Cl. The van der Waals surface area contributed by atoms with E-state index in [-0.39, 0.29) is 18.4 Å². The number of alkyl halides is 3. The van der Waals surface area contributed by atoms with Gasteiger partial charge in [0.15, 0.2) is 5.69 Å². The summed E-state index contributed by atoms with van der Waals surface area (Å²) in [6, 6.07) is 1.14. The van der Waals surface area contributed by atoms with E-state index in [0.29, 0.717) is 35.9 Å². The molecule has 6 nitrogen and oxygen atoms in total. The Hall–Kier alpha value is -2.03. The molecule has 0 atom stereocenters. The van der Waals surface area contributed by atoms with E-state index in [2.05, 4.69) is 15.5 Å². The number of rotatable bonds is 7. The summed E-state index contributed by atoms with van der Waals surface area (Å²) in [5, 5.41) is 11.2. The Morgan fingerprint density at radius 1 is 1.30 bits per heavy atom.